The quantitative estimate of drug-likeness (QED) is 0.890. The Morgan fingerprint density at radius 2 is 2.00 bits per heavy atom. The first kappa shape index (κ1) is 12.2. The Morgan fingerprint density at radius 3 is 2.53 bits per heavy atom. The Kier molecular flexibility index (Phi) is 3.26. The van der Waals surface area contributed by atoms with Crippen LogP contribution in [0.25, 0.3) is 0 Å². The van der Waals surface area contributed by atoms with E-state index in [1.165, 1.54) is 6.07 Å². The largest absolute Gasteiger partial charge is 0.481 e. The van der Waals surface area contributed by atoms with Gasteiger partial charge in [0.05, 0.1) is 22.5 Å². The van der Waals surface area contributed by atoms with Gasteiger partial charge in [-0.15, -0.1) is 0 Å². The van der Waals surface area contributed by atoms with E-state index in [2.05, 4.69) is 5.32 Å². The van der Waals surface area contributed by atoms with E-state index in [4.69, 9.17) is 28.3 Å². The van der Waals surface area contributed by atoms with E-state index in [1.807, 2.05) is 0 Å². The Balaban J connectivity index is 2.02. The molecule has 0 aromatic heterocycles. The Labute approximate surface area is 108 Å². The highest BCUT2D eigenvalue weighted by atomic mass is 35.5. The number of carboxylic acid groups (broad SMARTS) is 1. The van der Waals surface area contributed by atoms with Crippen molar-refractivity contribution in [2.24, 2.45) is 11.8 Å². The molecule has 1 saturated carbocycles. The molecule has 0 spiro atoms. The number of anilines is 1. The molecule has 1 aromatic rings. The number of hydrogen-bond donors (Lipinski definition) is 2. The van der Waals surface area contributed by atoms with Gasteiger partial charge in [-0.3, -0.25) is 9.59 Å². The van der Waals surface area contributed by atoms with Crippen LogP contribution in [-0.4, -0.2) is 17.0 Å². The first-order valence-electron chi connectivity index (χ1n) is 4.98. The van der Waals surface area contributed by atoms with Crippen LogP contribution < -0.4 is 5.32 Å². The lowest BCUT2D eigenvalue weighted by atomic mass is 10.2. The van der Waals surface area contributed by atoms with Crippen LogP contribution in [-0.2, 0) is 9.59 Å². The van der Waals surface area contributed by atoms with Crippen LogP contribution in [0.4, 0.5) is 5.69 Å². The van der Waals surface area contributed by atoms with Gasteiger partial charge in [-0.05, 0) is 24.6 Å². The van der Waals surface area contributed by atoms with Gasteiger partial charge in [0.2, 0.25) is 5.91 Å². The zero-order valence-electron chi connectivity index (χ0n) is 8.61. The third kappa shape index (κ3) is 2.70. The number of amides is 1. The maximum absolute atomic E-state index is 11.7. The van der Waals surface area contributed by atoms with Crippen LogP contribution >= 0.6 is 23.2 Å². The molecule has 0 heterocycles. The molecular formula is C11H9Cl2NO3. The summed E-state index contributed by atoms with van der Waals surface area (Å²) in [6.07, 6.45) is 0.381. The highest BCUT2D eigenvalue weighted by molar-refractivity contribution is 6.36. The van der Waals surface area contributed by atoms with Crippen LogP contribution in [0.1, 0.15) is 6.42 Å². The van der Waals surface area contributed by atoms with Gasteiger partial charge < -0.3 is 10.4 Å². The number of aliphatic carboxylic acids is 1. The lowest BCUT2D eigenvalue weighted by Crippen LogP contribution is -2.17. The highest BCUT2D eigenvalue weighted by Crippen LogP contribution is 2.40. The summed E-state index contributed by atoms with van der Waals surface area (Å²) in [6.45, 7) is 0. The third-order valence-electron chi connectivity index (χ3n) is 2.63. The van der Waals surface area contributed by atoms with Crippen LogP contribution in [0.3, 0.4) is 0 Å². The molecule has 1 amide bonds. The van der Waals surface area contributed by atoms with Gasteiger partial charge in [0.25, 0.3) is 0 Å². The molecule has 1 fully saturated rings. The van der Waals surface area contributed by atoms with Crippen LogP contribution in [0.5, 0.6) is 0 Å². The summed E-state index contributed by atoms with van der Waals surface area (Å²) in [7, 11) is 0. The van der Waals surface area contributed by atoms with Gasteiger partial charge in [0, 0.05) is 5.02 Å². The van der Waals surface area contributed by atoms with Crippen molar-refractivity contribution in [1.82, 2.24) is 0 Å². The second-order valence-corrected chi connectivity index (χ2v) is 4.74. The topological polar surface area (TPSA) is 66.4 Å². The molecular weight excluding hydrogens is 265 g/mol. The maximum Gasteiger partial charge on any atom is 0.307 e. The van der Waals surface area contributed by atoms with E-state index in [0.717, 1.165) is 0 Å². The molecule has 6 heteroatoms. The summed E-state index contributed by atoms with van der Waals surface area (Å²) in [4.78, 5) is 22.3. The maximum atomic E-state index is 11.7. The molecule has 2 rings (SSSR count). The first-order chi connectivity index (χ1) is 7.99. The lowest BCUT2D eigenvalue weighted by Gasteiger charge is -2.06. The Hall–Kier alpha value is -1.26. The van der Waals surface area contributed by atoms with Crippen LogP contribution in [0.15, 0.2) is 18.2 Å². The predicted molar refractivity (Wildman–Crippen MR) is 64.3 cm³/mol. The van der Waals surface area contributed by atoms with Crippen molar-refractivity contribution in [2.75, 3.05) is 5.32 Å². The molecule has 0 aliphatic heterocycles. The minimum absolute atomic E-state index is 0.318. The number of carbonyl (C=O) groups is 2. The van der Waals surface area contributed by atoms with Gasteiger partial charge in [-0.1, -0.05) is 23.2 Å². The van der Waals surface area contributed by atoms with Crippen molar-refractivity contribution in [3.8, 4) is 0 Å². The molecule has 0 saturated heterocycles. The zero-order valence-corrected chi connectivity index (χ0v) is 10.1. The second-order valence-electron chi connectivity index (χ2n) is 3.90. The lowest BCUT2D eigenvalue weighted by molar-refractivity contribution is -0.139. The smallest absolute Gasteiger partial charge is 0.307 e. The average molecular weight is 274 g/mol. The van der Waals surface area contributed by atoms with Gasteiger partial charge >= 0.3 is 5.97 Å². The number of benzene rings is 1. The normalized spacial score (nSPS) is 22.0. The fourth-order valence-corrected chi connectivity index (χ4v) is 2.03. The predicted octanol–water partition coefficient (Wildman–Crippen LogP) is 2.65. The van der Waals surface area contributed by atoms with E-state index in [9.17, 15) is 9.59 Å². The van der Waals surface area contributed by atoms with Crippen molar-refractivity contribution < 1.29 is 14.7 Å². The number of nitrogens with one attached hydrogen (secondary N) is 1. The van der Waals surface area contributed by atoms with E-state index in [1.54, 1.807) is 12.1 Å². The van der Waals surface area contributed by atoms with Gasteiger partial charge in [-0.25, -0.2) is 0 Å². The molecule has 1 aliphatic carbocycles. The van der Waals surface area contributed by atoms with Crippen molar-refractivity contribution in [3.63, 3.8) is 0 Å². The standard InChI is InChI=1S/C11H9Cl2NO3/c12-5-1-2-9(8(13)3-5)14-10(15)6-4-7(6)11(16)17/h1-3,6-7H,4H2,(H,14,15)(H,16,17)/t6-,7+/m1/s1. The van der Waals surface area contributed by atoms with Crippen LogP contribution in [0.2, 0.25) is 10.0 Å². The number of halogens is 2. The van der Waals surface area contributed by atoms with E-state index in [0.29, 0.717) is 22.2 Å². The minimum Gasteiger partial charge on any atom is -0.481 e. The summed E-state index contributed by atoms with van der Waals surface area (Å²) in [5, 5.41) is 12.1. The number of rotatable bonds is 3. The number of carboxylic acids is 1. The molecule has 0 unspecified atom stereocenters. The zero-order chi connectivity index (χ0) is 12.6. The number of hydrogen-bond acceptors (Lipinski definition) is 2. The van der Waals surface area contributed by atoms with Gasteiger partial charge in [0.15, 0.2) is 0 Å². The van der Waals surface area contributed by atoms with Gasteiger partial charge in [0.1, 0.15) is 0 Å². The van der Waals surface area contributed by atoms with E-state index in [-0.39, 0.29) is 5.91 Å². The first-order valence-corrected chi connectivity index (χ1v) is 5.73. The summed E-state index contributed by atoms with van der Waals surface area (Å²) >= 11 is 11.6. The van der Waals surface area contributed by atoms with Crippen molar-refractivity contribution >= 4 is 40.8 Å². The molecule has 2 N–H and O–H groups in total. The fourth-order valence-electron chi connectivity index (χ4n) is 1.57. The fraction of sp³-hybridized carbons (Fsp3) is 0.273. The molecule has 90 valence electrons. The number of carbonyl (C=O) groups excluding carboxylic acids is 1. The molecule has 4 nitrogen and oxygen atoms in total. The minimum atomic E-state index is -0.938. The van der Waals surface area contributed by atoms with Gasteiger partial charge in [-0.2, -0.15) is 0 Å². The monoisotopic (exact) mass is 273 g/mol. The molecule has 2 atom stereocenters. The molecule has 17 heavy (non-hydrogen) atoms. The molecule has 0 bridgehead atoms. The second kappa shape index (κ2) is 4.55. The molecule has 1 aromatic carbocycles. The van der Waals surface area contributed by atoms with Crippen molar-refractivity contribution in [2.45, 2.75) is 6.42 Å². The van der Waals surface area contributed by atoms with E-state index >= 15 is 0 Å². The Bertz CT molecular complexity index is 490. The Morgan fingerprint density at radius 1 is 1.29 bits per heavy atom. The molecule has 0 radical (unpaired) electrons. The summed E-state index contributed by atoms with van der Waals surface area (Å²) in [6, 6.07) is 4.70. The summed E-state index contributed by atoms with van der Waals surface area (Å²) in [5.41, 5.74) is 0.442. The summed E-state index contributed by atoms with van der Waals surface area (Å²) < 4.78 is 0. The molecule has 1 aliphatic rings. The highest BCUT2D eigenvalue weighted by Gasteiger charge is 2.48. The van der Waals surface area contributed by atoms with Crippen LogP contribution in [0, 0.1) is 11.8 Å². The van der Waals surface area contributed by atoms with Crippen molar-refractivity contribution in [1.29, 1.82) is 0 Å². The summed E-state index contributed by atoms with van der Waals surface area (Å²) in [5.74, 6) is -2.28. The van der Waals surface area contributed by atoms with Crippen molar-refractivity contribution in [3.05, 3.63) is 28.2 Å². The SMILES string of the molecule is O=C(O)[C@H]1C[C@H]1C(=O)Nc1ccc(Cl)cc1Cl. The average Bonchev–Trinajstić information content (AvgIpc) is 3.01. The van der Waals surface area contributed by atoms with E-state index < -0.39 is 17.8 Å². The third-order valence-corrected chi connectivity index (χ3v) is 3.18.